The summed E-state index contributed by atoms with van der Waals surface area (Å²) in [5, 5.41) is 2.91. The van der Waals surface area contributed by atoms with E-state index in [2.05, 4.69) is 17.1 Å². The first-order valence-electron chi connectivity index (χ1n) is 12.4. The third kappa shape index (κ3) is 5.56. The number of carbonyl (C=O) groups excluding carboxylic acids is 3. The van der Waals surface area contributed by atoms with Crippen LogP contribution in [0.15, 0.2) is 66.7 Å². The second-order valence-electron chi connectivity index (χ2n) is 9.21. The lowest BCUT2D eigenvalue weighted by molar-refractivity contribution is -0.138. The molecule has 0 aromatic heterocycles. The number of likely N-dealkylation sites (tertiary alicyclic amines) is 1. The first kappa shape index (κ1) is 24.5. The van der Waals surface area contributed by atoms with Gasteiger partial charge in [-0.05, 0) is 43.0 Å². The quantitative estimate of drug-likeness (QED) is 0.471. The molecule has 1 N–H and O–H groups in total. The molecule has 2 saturated heterocycles. The minimum Gasteiger partial charge on any atom is -0.355 e. The van der Waals surface area contributed by atoms with Gasteiger partial charge in [0.1, 0.15) is 12.1 Å². The van der Waals surface area contributed by atoms with Crippen molar-refractivity contribution in [3.63, 3.8) is 0 Å². The van der Waals surface area contributed by atoms with Gasteiger partial charge < -0.3 is 20.0 Å². The molecular formula is C28H34N4O3. The van der Waals surface area contributed by atoms with Crippen molar-refractivity contribution >= 4 is 29.5 Å². The van der Waals surface area contributed by atoms with Crippen molar-refractivity contribution < 1.29 is 14.4 Å². The van der Waals surface area contributed by atoms with Gasteiger partial charge in [0, 0.05) is 31.4 Å². The predicted octanol–water partition coefficient (Wildman–Crippen LogP) is 3.28. The highest BCUT2D eigenvalue weighted by Gasteiger charge is 2.54. The average molecular weight is 475 g/mol. The summed E-state index contributed by atoms with van der Waals surface area (Å²) in [5.41, 5.74) is 1.19. The van der Waals surface area contributed by atoms with Crippen molar-refractivity contribution in [1.82, 2.24) is 15.1 Å². The zero-order chi connectivity index (χ0) is 24.7. The first-order valence-corrected chi connectivity index (χ1v) is 12.4. The summed E-state index contributed by atoms with van der Waals surface area (Å²) < 4.78 is 0. The number of carbonyl (C=O) groups is 3. The van der Waals surface area contributed by atoms with E-state index in [0.717, 1.165) is 24.1 Å². The van der Waals surface area contributed by atoms with Crippen LogP contribution in [0.4, 0.5) is 5.69 Å². The maximum atomic E-state index is 13.7. The fourth-order valence-electron chi connectivity index (χ4n) is 4.89. The molecule has 184 valence electrons. The fourth-order valence-corrected chi connectivity index (χ4v) is 4.89. The maximum absolute atomic E-state index is 13.7. The molecule has 2 aliphatic rings. The minimum atomic E-state index is -0.745. The van der Waals surface area contributed by atoms with Gasteiger partial charge >= 0.3 is 0 Å². The Hall–Kier alpha value is -3.61. The molecule has 35 heavy (non-hydrogen) atoms. The van der Waals surface area contributed by atoms with Gasteiger partial charge in [-0.3, -0.25) is 14.4 Å². The van der Waals surface area contributed by atoms with Crippen molar-refractivity contribution in [2.24, 2.45) is 0 Å². The molecule has 2 aliphatic heterocycles. The van der Waals surface area contributed by atoms with Crippen LogP contribution in [0.2, 0.25) is 0 Å². The summed E-state index contributed by atoms with van der Waals surface area (Å²) in [5.74, 6) is -0.206. The number of nitrogens with zero attached hydrogens (tertiary/aromatic N) is 3. The van der Waals surface area contributed by atoms with Gasteiger partial charge in [-0.2, -0.15) is 0 Å². The van der Waals surface area contributed by atoms with E-state index in [0.29, 0.717) is 39.1 Å². The van der Waals surface area contributed by atoms with Gasteiger partial charge in [-0.1, -0.05) is 61.9 Å². The third-order valence-corrected chi connectivity index (χ3v) is 6.89. The van der Waals surface area contributed by atoms with Crippen LogP contribution >= 0.6 is 0 Å². The lowest BCUT2D eigenvalue weighted by atomic mass is 9.85. The van der Waals surface area contributed by atoms with Crippen LogP contribution in [-0.4, -0.2) is 65.9 Å². The molecule has 1 spiro atoms. The van der Waals surface area contributed by atoms with Gasteiger partial charge in [0.2, 0.25) is 11.8 Å². The summed E-state index contributed by atoms with van der Waals surface area (Å²) in [7, 11) is 0. The molecule has 4 rings (SSSR count). The summed E-state index contributed by atoms with van der Waals surface area (Å²) in [6, 6.07) is 19.6. The Morgan fingerprint density at radius 2 is 1.66 bits per heavy atom. The van der Waals surface area contributed by atoms with Crippen LogP contribution in [0.25, 0.3) is 6.08 Å². The molecule has 0 radical (unpaired) electrons. The summed E-state index contributed by atoms with van der Waals surface area (Å²) in [6.45, 7) is 4.10. The largest absolute Gasteiger partial charge is 0.355 e. The number of anilines is 1. The second kappa shape index (κ2) is 11.2. The average Bonchev–Trinajstić information content (AvgIpc) is 3.15. The Labute approximate surface area is 207 Å². The number of hydrogen-bond acceptors (Lipinski definition) is 4. The summed E-state index contributed by atoms with van der Waals surface area (Å²) in [6.07, 6.45) is 6.40. The van der Waals surface area contributed by atoms with E-state index in [4.69, 9.17) is 0 Å². The number of para-hydroxylation sites is 1. The Morgan fingerprint density at radius 3 is 2.31 bits per heavy atom. The molecule has 0 saturated carbocycles. The molecule has 2 aromatic carbocycles. The number of nitrogens with one attached hydrogen (secondary N) is 1. The number of unbranched alkanes of at least 4 members (excludes halogenated alkanes) is 1. The van der Waals surface area contributed by atoms with Crippen molar-refractivity contribution in [3.05, 3.63) is 72.3 Å². The van der Waals surface area contributed by atoms with E-state index in [9.17, 15) is 14.4 Å². The Morgan fingerprint density at radius 1 is 1.00 bits per heavy atom. The predicted molar refractivity (Wildman–Crippen MR) is 137 cm³/mol. The number of benzene rings is 2. The molecule has 0 atom stereocenters. The number of rotatable bonds is 8. The molecule has 2 fully saturated rings. The topological polar surface area (TPSA) is 73.0 Å². The Balaban J connectivity index is 1.46. The maximum Gasteiger partial charge on any atom is 0.250 e. The van der Waals surface area contributed by atoms with Crippen molar-refractivity contribution in [1.29, 1.82) is 0 Å². The summed E-state index contributed by atoms with van der Waals surface area (Å²) in [4.78, 5) is 44.6. The van der Waals surface area contributed by atoms with Gasteiger partial charge in [-0.25, -0.2) is 0 Å². The highest BCUT2D eigenvalue weighted by atomic mass is 16.2. The van der Waals surface area contributed by atoms with Crippen molar-refractivity contribution in [2.45, 2.75) is 38.1 Å². The van der Waals surface area contributed by atoms with E-state index in [1.807, 2.05) is 66.7 Å². The number of hydrogen-bond donors (Lipinski definition) is 1. The highest BCUT2D eigenvalue weighted by Crippen LogP contribution is 2.39. The Bertz CT molecular complexity index is 1050. The van der Waals surface area contributed by atoms with Crippen LogP contribution in [-0.2, 0) is 14.4 Å². The van der Waals surface area contributed by atoms with Gasteiger partial charge in [0.15, 0.2) is 0 Å². The van der Waals surface area contributed by atoms with E-state index in [1.54, 1.807) is 15.9 Å². The fraction of sp³-hybridized carbons (Fsp3) is 0.393. The normalized spacial score (nSPS) is 17.4. The van der Waals surface area contributed by atoms with E-state index in [1.165, 1.54) is 0 Å². The SMILES string of the molecule is CCCCNC(=O)CN1CN(c2ccccc2)C2(CCN(C(=O)/C=C/c3ccccc3)CC2)C1=O. The molecular weight excluding hydrogens is 440 g/mol. The van der Waals surface area contributed by atoms with Gasteiger partial charge in [-0.15, -0.1) is 0 Å². The third-order valence-electron chi connectivity index (χ3n) is 6.89. The summed E-state index contributed by atoms with van der Waals surface area (Å²) >= 11 is 0. The molecule has 2 heterocycles. The van der Waals surface area contributed by atoms with Gasteiger partial charge in [0.05, 0.1) is 6.67 Å². The molecule has 0 unspecified atom stereocenters. The second-order valence-corrected chi connectivity index (χ2v) is 9.21. The van der Waals surface area contributed by atoms with Crippen LogP contribution in [0.1, 0.15) is 38.2 Å². The standard InChI is InChI=1S/C28H34N4O3/c1-2-3-18-29-25(33)21-31-22-32(24-12-8-5-9-13-24)28(27(31)35)16-19-30(20-17-28)26(34)15-14-23-10-6-4-7-11-23/h4-15H,2-3,16-22H2,1H3,(H,29,33)/b15-14+. The van der Waals surface area contributed by atoms with Crippen molar-refractivity contribution in [2.75, 3.05) is 37.7 Å². The highest BCUT2D eigenvalue weighted by molar-refractivity contribution is 5.97. The molecule has 7 nitrogen and oxygen atoms in total. The number of amides is 3. The zero-order valence-electron chi connectivity index (χ0n) is 20.4. The Kier molecular flexibility index (Phi) is 7.85. The first-order chi connectivity index (χ1) is 17.0. The van der Waals surface area contributed by atoms with Crippen LogP contribution in [0.3, 0.4) is 0 Å². The minimum absolute atomic E-state index is 0.0288. The lowest BCUT2D eigenvalue weighted by Crippen LogP contribution is -2.57. The monoisotopic (exact) mass is 474 g/mol. The lowest BCUT2D eigenvalue weighted by Gasteiger charge is -2.43. The van der Waals surface area contributed by atoms with Crippen LogP contribution < -0.4 is 10.2 Å². The molecule has 3 amide bonds. The van der Waals surface area contributed by atoms with Gasteiger partial charge in [0.25, 0.3) is 5.91 Å². The van der Waals surface area contributed by atoms with Crippen LogP contribution in [0.5, 0.6) is 0 Å². The zero-order valence-corrected chi connectivity index (χ0v) is 20.4. The van der Waals surface area contributed by atoms with E-state index >= 15 is 0 Å². The smallest absolute Gasteiger partial charge is 0.250 e. The molecule has 0 bridgehead atoms. The molecule has 0 aliphatic carbocycles. The van der Waals surface area contributed by atoms with Crippen LogP contribution in [0, 0.1) is 0 Å². The van der Waals surface area contributed by atoms with E-state index < -0.39 is 5.54 Å². The van der Waals surface area contributed by atoms with Crippen molar-refractivity contribution in [3.8, 4) is 0 Å². The number of piperidine rings is 1. The van der Waals surface area contributed by atoms with E-state index in [-0.39, 0.29) is 24.3 Å². The molecule has 2 aromatic rings. The molecule has 7 heteroatoms.